The van der Waals surface area contributed by atoms with E-state index in [4.69, 9.17) is 4.74 Å². The number of rotatable bonds is 7. The molecule has 0 atom stereocenters. The van der Waals surface area contributed by atoms with Crippen molar-refractivity contribution in [3.63, 3.8) is 0 Å². The van der Waals surface area contributed by atoms with Crippen molar-refractivity contribution in [3.8, 4) is 0 Å². The molecule has 26 heavy (non-hydrogen) atoms. The molecule has 0 aromatic carbocycles. The number of guanidine groups is 1. The minimum absolute atomic E-state index is 0. The number of nitrogens with one attached hydrogen (secondary N) is 1. The second-order valence-electron chi connectivity index (χ2n) is 7.91. The molecule has 0 bridgehead atoms. The molecule has 0 aromatic rings. The zero-order valence-corrected chi connectivity index (χ0v) is 20.3. The fraction of sp³-hybridized carbons (Fsp3) is 0.941. The van der Waals surface area contributed by atoms with Gasteiger partial charge < -0.3 is 15.0 Å². The van der Waals surface area contributed by atoms with Gasteiger partial charge in [0.05, 0.1) is 18.5 Å². The van der Waals surface area contributed by atoms with Crippen molar-refractivity contribution in [2.45, 2.75) is 47.1 Å². The lowest BCUT2D eigenvalue weighted by Gasteiger charge is -2.36. The SMILES string of the molecule is CN=C(NCCC(C)(C)C)N1CCN(S(=O)(=O)CCOC(C)C)CC1.I. The van der Waals surface area contributed by atoms with Crippen LogP contribution in [0.2, 0.25) is 0 Å². The zero-order chi connectivity index (χ0) is 19.1. The Bertz CT molecular complexity index is 525. The van der Waals surface area contributed by atoms with Crippen LogP contribution in [0, 0.1) is 5.41 Å². The molecule has 0 radical (unpaired) electrons. The van der Waals surface area contributed by atoms with E-state index in [-0.39, 0.29) is 47.9 Å². The summed E-state index contributed by atoms with van der Waals surface area (Å²) in [6, 6.07) is 0. The number of piperazine rings is 1. The number of nitrogens with zero attached hydrogens (tertiary/aromatic N) is 3. The molecule has 1 heterocycles. The third-order valence-electron chi connectivity index (χ3n) is 4.09. The Labute approximate surface area is 177 Å². The Balaban J connectivity index is 0.00000625. The van der Waals surface area contributed by atoms with Crippen LogP contribution in [-0.2, 0) is 14.8 Å². The van der Waals surface area contributed by atoms with Gasteiger partial charge in [0.2, 0.25) is 10.0 Å². The van der Waals surface area contributed by atoms with Crippen molar-refractivity contribution >= 4 is 40.0 Å². The van der Waals surface area contributed by atoms with Crippen LogP contribution < -0.4 is 5.32 Å². The van der Waals surface area contributed by atoms with Gasteiger partial charge >= 0.3 is 0 Å². The summed E-state index contributed by atoms with van der Waals surface area (Å²) in [5, 5.41) is 3.38. The van der Waals surface area contributed by atoms with Crippen LogP contribution in [0.15, 0.2) is 4.99 Å². The molecule has 1 rings (SSSR count). The Morgan fingerprint density at radius 1 is 1.19 bits per heavy atom. The van der Waals surface area contributed by atoms with Gasteiger partial charge in [-0.25, -0.2) is 8.42 Å². The van der Waals surface area contributed by atoms with E-state index in [0.717, 1.165) is 18.9 Å². The summed E-state index contributed by atoms with van der Waals surface area (Å²) in [4.78, 5) is 6.46. The number of aliphatic imine (C=N–C) groups is 1. The van der Waals surface area contributed by atoms with Gasteiger partial charge in [0, 0.05) is 39.8 Å². The monoisotopic (exact) mass is 504 g/mol. The lowest BCUT2D eigenvalue weighted by molar-refractivity contribution is 0.0904. The molecule has 0 amide bonds. The first-order chi connectivity index (χ1) is 11.5. The fourth-order valence-electron chi connectivity index (χ4n) is 2.58. The number of ether oxygens (including phenoxy) is 1. The van der Waals surface area contributed by atoms with Crippen LogP contribution in [0.3, 0.4) is 0 Å². The minimum Gasteiger partial charge on any atom is -0.378 e. The molecule has 0 saturated carbocycles. The molecule has 9 heteroatoms. The van der Waals surface area contributed by atoms with E-state index in [1.54, 1.807) is 11.4 Å². The molecule has 156 valence electrons. The van der Waals surface area contributed by atoms with E-state index >= 15 is 0 Å². The summed E-state index contributed by atoms with van der Waals surface area (Å²) in [6.45, 7) is 13.8. The first-order valence-corrected chi connectivity index (χ1v) is 10.7. The maximum Gasteiger partial charge on any atom is 0.216 e. The predicted molar refractivity (Wildman–Crippen MR) is 119 cm³/mol. The van der Waals surface area contributed by atoms with Gasteiger partial charge in [0.25, 0.3) is 0 Å². The average molecular weight is 504 g/mol. The molecule has 1 aliphatic rings. The Hall–Kier alpha value is -0.130. The largest absolute Gasteiger partial charge is 0.378 e. The number of hydrogen-bond donors (Lipinski definition) is 1. The van der Waals surface area contributed by atoms with Crippen molar-refractivity contribution in [1.29, 1.82) is 0 Å². The molecule has 1 fully saturated rings. The smallest absolute Gasteiger partial charge is 0.216 e. The van der Waals surface area contributed by atoms with Crippen molar-refractivity contribution in [2.24, 2.45) is 10.4 Å². The first-order valence-electron chi connectivity index (χ1n) is 9.10. The van der Waals surface area contributed by atoms with Gasteiger partial charge in [0.1, 0.15) is 0 Å². The Morgan fingerprint density at radius 2 is 1.77 bits per heavy atom. The lowest BCUT2D eigenvalue weighted by atomic mass is 9.92. The summed E-state index contributed by atoms with van der Waals surface area (Å²) in [5.41, 5.74) is 0.274. The summed E-state index contributed by atoms with van der Waals surface area (Å²) < 4.78 is 31.7. The van der Waals surface area contributed by atoms with Gasteiger partial charge in [0.15, 0.2) is 5.96 Å². The van der Waals surface area contributed by atoms with Gasteiger partial charge in [-0.3, -0.25) is 4.99 Å². The molecule has 1 aliphatic heterocycles. The zero-order valence-electron chi connectivity index (χ0n) is 17.1. The quantitative estimate of drug-likeness (QED) is 0.326. The molecular weight excluding hydrogens is 467 g/mol. The second-order valence-corrected chi connectivity index (χ2v) is 9.99. The molecule has 0 aliphatic carbocycles. The second kappa shape index (κ2) is 11.7. The highest BCUT2D eigenvalue weighted by Gasteiger charge is 2.28. The van der Waals surface area contributed by atoms with Crippen molar-refractivity contribution in [2.75, 3.05) is 52.1 Å². The van der Waals surface area contributed by atoms with E-state index in [1.807, 2.05) is 13.8 Å². The maximum atomic E-state index is 12.4. The van der Waals surface area contributed by atoms with Crippen LogP contribution in [0.4, 0.5) is 0 Å². The van der Waals surface area contributed by atoms with Gasteiger partial charge in [-0.2, -0.15) is 4.31 Å². The molecule has 1 N–H and O–H groups in total. The average Bonchev–Trinajstić information content (AvgIpc) is 2.50. The summed E-state index contributed by atoms with van der Waals surface area (Å²) in [6.07, 6.45) is 1.10. The Morgan fingerprint density at radius 3 is 2.23 bits per heavy atom. The molecule has 7 nitrogen and oxygen atoms in total. The third-order valence-corrected chi connectivity index (χ3v) is 5.93. The van der Waals surface area contributed by atoms with E-state index in [0.29, 0.717) is 26.2 Å². The summed E-state index contributed by atoms with van der Waals surface area (Å²) in [7, 11) is -1.48. The van der Waals surface area contributed by atoms with E-state index in [2.05, 4.69) is 36.0 Å². The van der Waals surface area contributed by atoms with Crippen LogP contribution in [0.5, 0.6) is 0 Å². The maximum absolute atomic E-state index is 12.4. The highest BCUT2D eigenvalue weighted by atomic mass is 127. The topological polar surface area (TPSA) is 74.2 Å². The molecule has 0 spiro atoms. The number of halogens is 1. The van der Waals surface area contributed by atoms with Crippen LogP contribution in [0.25, 0.3) is 0 Å². The molecular formula is C17H37IN4O3S. The van der Waals surface area contributed by atoms with Crippen molar-refractivity contribution in [1.82, 2.24) is 14.5 Å². The first kappa shape index (κ1) is 25.9. The fourth-order valence-corrected chi connectivity index (χ4v) is 3.86. The lowest BCUT2D eigenvalue weighted by Crippen LogP contribution is -2.54. The van der Waals surface area contributed by atoms with Crippen LogP contribution in [-0.4, -0.2) is 81.8 Å². The van der Waals surface area contributed by atoms with E-state index < -0.39 is 10.0 Å². The molecule has 0 unspecified atom stereocenters. The molecule has 0 aromatic heterocycles. The predicted octanol–water partition coefficient (Wildman–Crippen LogP) is 1.99. The highest BCUT2D eigenvalue weighted by Crippen LogP contribution is 2.17. The van der Waals surface area contributed by atoms with Crippen molar-refractivity contribution in [3.05, 3.63) is 0 Å². The Kier molecular flexibility index (Phi) is 11.6. The highest BCUT2D eigenvalue weighted by molar-refractivity contribution is 14.0. The van der Waals surface area contributed by atoms with Gasteiger partial charge in [-0.1, -0.05) is 20.8 Å². The van der Waals surface area contributed by atoms with E-state index in [9.17, 15) is 8.42 Å². The van der Waals surface area contributed by atoms with Crippen LogP contribution >= 0.6 is 24.0 Å². The van der Waals surface area contributed by atoms with Gasteiger partial charge in [-0.15, -0.1) is 24.0 Å². The van der Waals surface area contributed by atoms with Crippen molar-refractivity contribution < 1.29 is 13.2 Å². The van der Waals surface area contributed by atoms with Crippen LogP contribution in [0.1, 0.15) is 41.0 Å². The summed E-state index contributed by atoms with van der Waals surface area (Å²) in [5.74, 6) is 0.897. The standard InChI is InChI=1S/C17H36N4O3S.HI/c1-15(2)24-13-14-25(22,23)21-11-9-20(10-12-21)16(18-6)19-8-7-17(3,4)5;/h15H,7-14H2,1-6H3,(H,18,19);1H. The number of sulfonamides is 1. The van der Waals surface area contributed by atoms with Gasteiger partial charge in [-0.05, 0) is 25.7 Å². The molecule has 1 saturated heterocycles. The normalized spacial score (nSPS) is 17.3. The van der Waals surface area contributed by atoms with E-state index in [1.165, 1.54) is 0 Å². The number of hydrogen-bond acceptors (Lipinski definition) is 4. The minimum atomic E-state index is -3.25. The summed E-state index contributed by atoms with van der Waals surface area (Å²) >= 11 is 0. The third kappa shape index (κ3) is 9.70.